The number of hydrogen-bond donors (Lipinski definition) is 1. The van der Waals surface area contributed by atoms with Crippen molar-refractivity contribution in [1.29, 1.82) is 0 Å². The summed E-state index contributed by atoms with van der Waals surface area (Å²) < 4.78 is 43.6. The van der Waals surface area contributed by atoms with Gasteiger partial charge in [-0.05, 0) is 50.2 Å². The number of anilines is 1. The summed E-state index contributed by atoms with van der Waals surface area (Å²) in [7, 11) is -2.19. The van der Waals surface area contributed by atoms with Crippen LogP contribution < -0.4 is 14.8 Å². The number of carbonyl (C=O) groups is 1. The van der Waals surface area contributed by atoms with E-state index in [1.165, 1.54) is 23.5 Å². The summed E-state index contributed by atoms with van der Waals surface area (Å²) in [6.07, 6.45) is -0.154. The van der Waals surface area contributed by atoms with Gasteiger partial charge >= 0.3 is 0 Å². The van der Waals surface area contributed by atoms with Crippen molar-refractivity contribution in [2.75, 3.05) is 38.7 Å². The van der Waals surface area contributed by atoms with Gasteiger partial charge in [0.1, 0.15) is 11.5 Å². The van der Waals surface area contributed by atoms with Crippen LogP contribution in [0.3, 0.4) is 0 Å². The Morgan fingerprint density at radius 3 is 2.53 bits per heavy atom. The van der Waals surface area contributed by atoms with Gasteiger partial charge in [0.2, 0.25) is 10.0 Å². The number of morpholine rings is 1. The highest BCUT2D eigenvalue weighted by molar-refractivity contribution is 7.89. The lowest BCUT2D eigenvalue weighted by atomic mass is 10.2. The third kappa shape index (κ3) is 5.10. The van der Waals surface area contributed by atoms with E-state index in [0.717, 1.165) is 0 Å². The molecule has 1 heterocycles. The number of nitrogens with one attached hydrogen (secondary N) is 1. The Hall–Kier alpha value is -2.62. The second-order valence-corrected chi connectivity index (χ2v) is 8.97. The lowest BCUT2D eigenvalue weighted by molar-refractivity contribution is 0.0730. The van der Waals surface area contributed by atoms with E-state index < -0.39 is 15.9 Å². The monoisotopic (exact) mass is 434 g/mol. The van der Waals surface area contributed by atoms with Gasteiger partial charge in [0, 0.05) is 18.7 Å². The number of sulfonamides is 1. The summed E-state index contributed by atoms with van der Waals surface area (Å²) in [5, 5.41) is 2.77. The smallest absolute Gasteiger partial charge is 0.255 e. The highest BCUT2D eigenvalue weighted by Crippen LogP contribution is 2.31. The molecule has 1 N–H and O–H groups in total. The molecule has 9 heteroatoms. The summed E-state index contributed by atoms with van der Waals surface area (Å²) in [6.45, 7) is 4.99. The van der Waals surface area contributed by atoms with Crippen LogP contribution in [0.2, 0.25) is 0 Å². The maximum atomic E-state index is 13.0. The zero-order valence-corrected chi connectivity index (χ0v) is 18.1. The number of methoxy groups -OCH3 is 1. The summed E-state index contributed by atoms with van der Waals surface area (Å²) in [5.41, 5.74) is 0.664. The van der Waals surface area contributed by atoms with Crippen molar-refractivity contribution in [3.05, 3.63) is 48.0 Å². The van der Waals surface area contributed by atoms with Gasteiger partial charge in [-0.2, -0.15) is 4.31 Å². The Bertz CT molecular complexity index is 1000. The first kappa shape index (κ1) is 22.1. The molecule has 1 fully saturated rings. The van der Waals surface area contributed by atoms with Crippen molar-refractivity contribution in [3.63, 3.8) is 0 Å². The van der Waals surface area contributed by atoms with Crippen LogP contribution in [-0.2, 0) is 14.8 Å². The van der Waals surface area contributed by atoms with Gasteiger partial charge in [0.15, 0.2) is 0 Å². The molecule has 0 bridgehead atoms. The molecule has 30 heavy (non-hydrogen) atoms. The van der Waals surface area contributed by atoms with Crippen molar-refractivity contribution >= 4 is 21.6 Å². The Balaban J connectivity index is 1.93. The van der Waals surface area contributed by atoms with Gasteiger partial charge in [0.25, 0.3) is 5.91 Å². The summed E-state index contributed by atoms with van der Waals surface area (Å²) >= 11 is 0. The second kappa shape index (κ2) is 9.46. The molecule has 0 radical (unpaired) electrons. The molecule has 0 spiro atoms. The van der Waals surface area contributed by atoms with E-state index in [2.05, 4.69) is 5.32 Å². The van der Waals surface area contributed by atoms with Crippen molar-refractivity contribution in [3.8, 4) is 11.5 Å². The zero-order chi connectivity index (χ0) is 21.7. The van der Waals surface area contributed by atoms with Crippen molar-refractivity contribution in [1.82, 2.24) is 4.31 Å². The molecule has 0 saturated carbocycles. The average Bonchev–Trinajstić information content (AvgIpc) is 2.75. The van der Waals surface area contributed by atoms with Gasteiger partial charge in [-0.25, -0.2) is 8.42 Å². The molecule has 0 aliphatic carbocycles. The van der Waals surface area contributed by atoms with Gasteiger partial charge < -0.3 is 19.5 Å². The van der Waals surface area contributed by atoms with Gasteiger partial charge in [0.05, 0.1) is 37.0 Å². The van der Waals surface area contributed by atoms with E-state index in [9.17, 15) is 13.2 Å². The lowest BCUT2D eigenvalue weighted by Gasteiger charge is -2.26. The number of benzene rings is 2. The quantitative estimate of drug-likeness (QED) is 0.720. The number of ether oxygens (including phenoxy) is 3. The molecule has 1 aliphatic rings. The van der Waals surface area contributed by atoms with Crippen LogP contribution in [0, 0.1) is 0 Å². The first-order valence-electron chi connectivity index (χ1n) is 9.65. The average molecular weight is 435 g/mol. The molecule has 0 atom stereocenters. The number of amides is 1. The highest BCUT2D eigenvalue weighted by Gasteiger charge is 2.27. The van der Waals surface area contributed by atoms with Crippen LogP contribution in [0.5, 0.6) is 11.5 Å². The minimum absolute atomic E-state index is 0.0847. The Labute approximate surface area is 176 Å². The molecular formula is C21H26N2O6S. The maximum Gasteiger partial charge on any atom is 0.255 e. The van der Waals surface area contributed by atoms with E-state index in [0.29, 0.717) is 30.3 Å². The van der Waals surface area contributed by atoms with Crippen molar-refractivity contribution in [2.24, 2.45) is 0 Å². The van der Waals surface area contributed by atoms with E-state index in [1.54, 1.807) is 30.3 Å². The fraction of sp³-hybridized carbons (Fsp3) is 0.381. The molecule has 0 aromatic heterocycles. The van der Waals surface area contributed by atoms with Crippen LogP contribution in [0.15, 0.2) is 47.4 Å². The Kier molecular flexibility index (Phi) is 6.96. The second-order valence-electron chi connectivity index (χ2n) is 7.03. The lowest BCUT2D eigenvalue weighted by Crippen LogP contribution is -2.40. The van der Waals surface area contributed by atoms with E-state index >= 15 is 0 Å². The summed E-state index contributed by atoms with van der Waals surface area (Å²) in [6, 6.07) is 11.2. The van der Waals surface area contributed by atoms with Crippen LogP contribution in [0.4, 0.5) is 5.69 Å². The standard InChI is InChI=1S/C21H26N2O6S/c1-15(2)29-20-8-7-18(30(25,26)23-9-11-28-12-10-23)14-19(20)22-21(24)16-5-4-6-17(13-16)27-3/h4-8,13-15H,9-12H2,1-3H3,(H,22,24). The first-order valence-corrected chi connectivity index (χ1v) is 11.1. The van der Waals surface area contributed by atoms with Gasteiger partial charge in [-0.3, -0.25) is 4.79 Å². The molecule has 2 aromatic rings. The van der Waals surface area contributed by atoms with Gasteiger partial charge in [-0.15, -0.1) is 0 Å². The number of nitrogens with zero attached hydrogens (tertiary/aromatic N) is 1. The minimum atomic E-state index is -3.71. The molecule has 1 amide bonds. The normalized spacial score (nSPS) is 15.1. The molecule has 1 aliphatic heterocycles. The molecule has 8 nitrogen and oxygen atoms in total. The minimum Gasteiger partial charge on any atom is -0.497 e. The number of hydrogen-bond acceptors (Lipinski definition) is 6. The van der Waals surface area contributed by atoms with Crippen LogP contribution in [0.25, 0.3) is 0 Å². The van der Waals surface area contributed by atoms with Crippen LogP contribution in [-0.4, -0.2) is 58.1 Å². The zero-order valence-electron chi connectivity index (χ0n) is 17.3. The third-order valence-electron chi connectivity index (χ3n) is 4.50. The van der Waals surface area contributed by atoms with E-state index in [1.807, 2.05) is 13.8 Å². The highest BCUT2D eigenvalue weighted by atomic mass is 32.2. The summed E-state index contributed by atoms with van der Waals surface area (Å²) in [5.74, 6) is 0.538. The fourth-order valence-corrected chi connectivity index (χ4v) is 4.45. The molecule has 1 saturated heterocycles. The largest absolute Gasteiger partial charge is 0.497 e. The number of carbonyl (C=O) groups excluding carboxylic acids is 1. The molecule has 162 valence electrons. The molecular weight excluding hydrogens is 408 g/mol. The van der Waals surface area contributed by atoms with Gasteiger partial charge in [-0.1, -0.05) is 6.07 Å². The first-order chi connectivity index (χ1) is 14.3. The third-order valence-corrected chi connectivity index (χ3v) is 6.40. The maximum absolute atomic E-state index is 13.0. The molecule has 0 unspecified atom stereocenters. The Morgan fingerprint density at radius 2 is 1.87 bits per heavy atom. The van der Waals surface area contributed by atoms with Crippen molar-refractivity contribution < 1.29 is 27.4 Å². The topological polar surface area (TPSA) is 94.2 Å². The predicted molar refractivity (Wildman–Crippen MR) is 113 cm³/mol. The summed E-state index contributed by atoms with van der Waals surface area (Å²) in [4.78, 5) is 12.9. The Morgan fingerprint density at radius 1 is 1.13 bits per heavy atom. The number of rotatable bonds is 7. The van der Waals surface area contributed by atoms with Crippen LogP contribution >= 0.6 is 0 Å². The van der Waals surface area contributed by atoms with Crippen molar-refractivity contribution in [2.45, 2.75) is 24.8 Å². The van der Waals surface area contributed by atoms with E-state index in [4.69, 9.17) is 14.2 Å². The van der Waals surface area contributed by atoms with E-state index in [-0.39, 0.29) is 29.8 Å². The molecule has 3 rings (SSSR count). The molecule has 2 aromatic carbocycles. The SMILES string of the molecule is COc1cccc(C(=O)Nc2cc(S(=O)(=O)N3CCOCC3)ccc2OC(C)C)c1. The fourth-order valence-electron chi connectivity index (χ4n) is 3.02. The predicted octanol–water partition coefficient (Wildman–Crippen LogP) is 2.76. The van der Waals surface area contributed by atoms with Crippen LogP contribution in [0.1, 0.15) is 24.2 Å².